The maximum Gasteiger partial charge on any atom is 0.471 e. The number of hydrogen-bond donors (Lipinski definition) is 4. The molecule has 0 bridgehead atoms. The number of halogens is 3. The van der Waals surface area contributed by atoms with E-state index >= 15 is 0 Å². The van der Waals surface area contributed by atoms with Crippen molar-refractivity contribution < 1.29 is 27.6 Å². The minimum Gasteiger partial charge on any atom is -0.342 e. The predicted octanol–water partition coefficient (Wildman–Crippen LogP) is 3.65. The maximum atomic E-state index is 13.1. The van der Waals surface area contributed by atoms with E-state index < -0.39 is 36.0 Å². The van der Waals surface area contributed by atoms with Gasteiger partial charge in [0.1, 0.15) is 12.1 Å². The third-order valence-corrected chi connectivity index (χ3v) is 5.59. The van der Waals surface area contributed by atoms with E-state index in [0.717, 1.165) is 11.1 Å². The van der Waals surface area contributed by atoms with Crippen molar-refractivity contribution in [3.05, 3.63) is 65.7 Å². The van der Waals surface area contributed by atoms with Crippen LogP contribution in [0.3, 0.4) is 0 Å². The number of anilines is 1. The fourth-order valence-electron chi connectivity index (χ4n) is 3.51. The number of alkyl halides is 3. The summed E-state index contributed by atoms with van der Waals surface area (Å²) in [6.07, 6.45) is -4.31. The van der Waals surface area contributed by atoms with Gasteiger partial charge in [0.05, 0.1) is 0 Å². The second-order valence-corrected chi connectivity index (χ2v) is 8.83. The number of carbonyl (C=O) groups is 3. The second-order valence-electron chi connectivity index (χ2n) is 8.83. The lowest BCUT2D eigenvalue weighted by Gasteiger charge is -2.24. The molecule has 0 fully saturated rings. The molecule has 0 heterocycles. The monoisotopic (exact) mass is 506 g/mol. The summed E-state index contributed by atoms with van der Waals surface area (Å²) in [5.41, 5.74) is 7.79. The second kappa shape index (κ2) is 13.6. The average molecular weight is 507 g/mol. The molecule has 2 rings (SSSR count). The van der Waals surface area contributed by atoms with Gasteiger partial charge < -0.3 is 21.7 Å². The normalized spacial score (nSPS) is 13.1. The lowest BCUT2D eigenvalue weighted by atomic mass is 10.0. The topological polar surface area (TPSA) is 113 Å². The van der Waals surface area contributed by atoms with E-state index in [0.29, 0.717) is 24.4 Å². The molecule has 0 saturated carbocycles. The molecule has 10 heteroatoms. The van der Waals surface area contributed by atoms with Gasteiger partial charge in [-0.25, -0.2) is 0 Å². The van der Waals surface area contributed by atoms with Gasteiger partial charge in [-0.1, -0.05) is 56.3 Å². The number of rotatable bonds is 12. The Balaban J connectivity index is 2.21. The van der Waals surface area contributed by atoms with Gasteiger partial charge in [0.2, 0.25) is 11.8 Å². The highest BCUT2D eigenvalue weighted by Crippen LogP contribution is 2.18. The summed E-state index contributed by atoms with van der Waals surface area (Å²) in [7, 11) is 0. The van der Waals surface area contributed by atoms with Gasteiger partial charge >= 0.3 is 12.1 Å². The van der Waals surface area contributed by atoms with Crippen LogP contribution >= 0.6 is 0 Å². The Bertz CT molecular complexity index is 996. The largest absolute Gasteiger partial charge is 0.471 e. The molecule has 196 valence electrons. The Hall–Kier alpha value is -3.40. The highest BCUT2D eigenvalue weighted by molar-refractivity contribution is 5.98. The zero-order chi connectivity index (χ0) is 26.7. The van der Waals surface area contributed by atoms with Gasteiger partial charge in [-0.15, -0.1) is 0 Å². The maximum absolute atomic E-state index is 13.1. The molecule has 0 aliphatic heterocycles. The zero-order valence-corrected chi connectivity index (χ0v) is 20.4. The van der Waals surface area contributed by atoms with Gasteiger partial charge in [-0.2, -0.15) is 13.2 Å². The summed E-state index contributed by atoms with van der Waals surface area (Å²) >= 11 is 0. The molecule has 36 heavy (non-hydrogen) atoms. The van der Waals surface area contributed by atoms with Crippen LogP contribution in [0.1, 0.15) is 50.2 Å². The SMILES string of the molecule is CC(C)c1ccc(NC(=O)[C@H](Cc2ccccc2)NC(=O)[C@H](CCCCN)NC(=O)C(F)(F)F)cc1. The Morgan fingerprint density at radius 1 is 0.861 bits per heavy atom. The van der Waals surface area contributed by atoms with Crippen molar-refractivity contribution in [1.82, 2.24) is 10.6 Å². The van der Waals surface area contributed by atoms with Crippen molar-refractivity contribution in [2.45, 2.75) is 63.7 Å². The van der Waals surface area contributed by atoms with Crippen molar-refractivity contribution in [3.63, 3.8) is 0 Å². The van der Waals surface area contributed by atoms with E-state index in [4.69, 9.17) is 5.73 Å². The molecular weight excluding hydrogens is 473 g/mol. The summed E-state index contributed by atoms with van der Waals surface area (Å²) in [4.78, 5) is 37.6. The number of nitrogens with one attached hydrogen (secondary N) is 3. The first-order valence-electron chi connectivity index (χ1n) is 11.8. The lowest BCUT2D eigenvalue weighted by Crippen LogP contribution is -2.55. The van der Waals surface area contributed by atoms with Crippen molar-refractivity contribution in [2.75, 3.05) is 11.9 Å². The van der Waals surface area contributed by atoms with E-state index in [2.05, 4.69) is 10.6 Å². The van der Waals surface area contributed by atoms with Crippen molar-refractivity contribution in [2.24, 2.45) is 5.73 Å². The molecular formula is C26H33F3N4O3. The fourth-order valence-corrected chi connectivity index (χ4v) is 3.51. The van der Waals surface area contributed by atoms with Crippen LogP contribution in [0.4, 0.5) is 18.9 Å². The van der Waals surface area contributed by atoms with Crippen LogP contribution in [-0.2, 0) is 20.8 Å². The molecule has 0 aliphatic carbocycles. The summed E-state index contributed by atoms with van der Waals surface area (Å²) in [6.45, 7) is 4.37. The van der Waals surface area contributed by atoms with Crippen LogP contribution in [-0.4, -0.2) is 42.5 Å². The van der Waals surface area contributed by atoms with Gasteiger partial charge in [0.15, 0.2) is 0 Å². The molecule has 0 aliphatic rings. The first-order valence-corrected chi connectivity index (χ1v) is 11.8. The van der Waals surface area contributed by atoms with Crippen LogP contribution < -0.4 is 21.7 Å². The van der Waals surface area contributed by atoms with Gasteiger partial charge in [0.25, 0.3) is 0 Å². The van der Waals surface area contributed by atoms with E-state index in [1.165, 1.54) is 0 Å². The van der Waals surface area contributed by atoms with E-state index in [1.807, 2.05) is 26.0 Å². The Morgan fingerprint density at radius 3 is 2.06 bits per heavy atom. The Labute approximate surface area is 209 Å². The van der Waals surface area contributed by atoms with Crippen LogP contribution in [0, 0.1) is 0 Å². The zero-order valence-electron chi connectivity index (χ0n) is 20.4. The molecule has 0 radical (unpaired) electrons. The average Bonchev–Trinajstić information content (AvgIpc) is 2.83. The van der Waals surface area contributed by atoms with Crippen molar-refractivity contribution in [3.8, 4) is 0 Å². The molecule has 2 aromatic carbocycles. The third kappa shape index (κ3) is 9.33. The van der Waals surface area contributed by atoms with E-state index in [-0.39, 0.29) is 19.4 Å². The van der Waals surface area contributed by atoms with Gasteiger partial charge in [0, 0.05) is 12.1 Å². The standard InChI is InChI=1S/C26H33F3N4O3/c1-17(2)19-11-13-20(14-12-19)31-24(35)22(16-18-8-4-3-5-9-18)32-23(34)21(10-6-7-15-30)33-25(36)26(27,28)29/h3-5,8-9,11-14,17,21-22H,6-7,10,15-16,30H2,1-2H3,(H,31,35)(H,32,34)(H,33,36)/t21-,22-/m0/s1. The van der Waals surface area contributed by atoms with Gasteiger partial charge in [-0.05, 0) is 55.0 Å². The van der Waals surface area contributed by atoms with Gasteiger partial charge in [-0.3, -0.25) is 14.4 Å². The smallest absolute Gasteiger partial charge is 0.342 e. The fraction of sp³-hybridized carbons (Fsp3) is 0.423. The van der Waals surface area contributed by atoms with Crippen LogP contribution in [0.15, 0.2) is 54.6 Å². The summed E-state index contributed by atoms with van der Waals surface area (Å²) in [5.74, 6) is -3.32. The molecule has 0 unspecified atom stereocenters. The summed E-state index contributed by atoms with van der Waals surface area (Å²) in [5, 5.41) is 7.03. The molecule has 0 saturated heterocycles. The third-order valence-electron chi connectivity index (χ3n) is 5.59. The van der Waals surface area contributed by atoms with Crippen LogP contribution in [0.5, 0.6) is 0 Å². The number of unbranched alkanes of at least 4 members (excludes halogenated alkanes) is 1. The first kappa shape index (κ1) is 28.8. The molecule has 2 aromatic rings. The molecule has 3 amide bonds. The number of amides is 3. The van der Waals surface area contributed by atoms with E-state index in [1.54, 1.807) is 47.8 Å². The summed E-state index contributed by atoms with van der Waals surface area (Å²) < 4.78 is 38.5. The minimum absolute atomic E-state index is 0.0544. The number of benzene rings is 2. The minimum atomic E-state index is -5.14. The molecule has 2 atom stereocenters. The number of carbonyl (C=O) groups excluding carboxylic acids is 3. The van der Waals surface area contributed by atoms with Crippen LogP contribution in [0.25, 0.3) is 0 Å². The number of hydrogen-bond acceptors (Lipinski definition) is 4. The molecule has 7 nitrogen and oxygen atoms in total. The lowest BCUT2D eigenvalue weighted by molar-refractivity contribution is -0.174. The molecule has 0 spiro atoms. The summed E-state index contributed by atoms with van der Waals surface area (Å²) in [6, 6.07) is 13.6. The Morgan fingerprint density at radius 2 is 1.50 bits per heavy atom. The molecule has 0 aromatic heterocycles. The molecule has 5 N–H and O–H groups in total. The van der Waals surface area contributed by atoms with E-state index in [9.17, 15) is 27.6 Å². The predicted molar refractivity (Wildman–Crippen MR) is 132 cm³/mol. The highest BCUT2D eigenvalue weighted by Gasteiger charge is 2.41. The van der Waals surface area contributed by atoms with Crippen molar-refractivity contribution in [1.29, 1.82) is 0 Å². The first-order chi connectivity index (χ1) is 17.0. The highest BCUT2D eigenvalue weighted by atomic mass is 19.4. The quantitative estimate of drug-likeness (QED) is 0.329. The number of nitrogens with two attached hydrogens (primary N) is 1. The van der Waals surface area contributed by atoms with Crippen LogP contribution in [0.2, 0.25) is 0 Å². The van der Waals surface area contributed by atoms with Crippen molar-refractivity contribution >= 4 is 23.4 Å². The Kier molecular flexibility index (Phi) is 10.9.